The highest BCUT2D eigenvalue weighted by Crippen LogP contribution is 2.26. The summed E-state index contributed by atoms with van der Waals surface area (Å²) in [6.45, 7) is 3.20. The smallest absolute Gasteiger partial charge is 0.122 e. The van der Waals surface area contributed by atoms with Crippen molar-refractivity contribution in [3.05, 3.63) is 82.6 Å². The van der Waals surface area contributed by atoms with Gasteiger partial charge in [-0.25, -0.2) is 0 Å². The van der Waals surface area contributed by atoms with Gasteiger partial charge in [0.1, 0.15) is 5.75 Å². The molecular weight excluding hydrogens is 346 g/mol. The lowest BCUT2D eigenvalue weighted by atomic mass is 9.97. The first-order valence-electron chi connectivity index (χ1n) is 8.94. The molecule has 0 saturated carbocycles. The van der Waals surface area contributed by atoms with Gasteiger partial charge in [0, 0.05) is 35.8 Å². The Balaban J connectivity index is 1.27. The molecule has 1 aliphatic rings. The third kappa shape index (κ3) is 4.09. The molecule has 1 unspecified atom stereocenters. The highest BCUT2D eigenvalue weighted by Gasteiger charge is 2.18. The second kappa shape index (κ2) is 7.94. The molecule has 0 saturated heterocycles. The SMILES string of the molecule is Clc1ccccc1Cn1cc(CNCC2COc3ccccc3C2)cn1. The Labute approximate surface area is 158 Å². The molecule has 134 valence electrons. The third-order valence-corrected chi connectivity index (χ3v) is 5.06. The zero-order valence-corrected chi connectivity index (χ0v) is 15.3. The van der Waals surface area contributed by atoms with Crippen molar-refractivity contribution in [2.45, 2.75) is 19.5 Å². The van der Waals surface area contributed by atoms with Crippen LogP contribution in [-0.4, -0.2) is 22.9 Å². The fourth-order valence-corrected chi connectivity index (χ4v) is 3.52. The topological polar surface area (TPSA) is 39.1 Å². The minimum absolute atomic E-state index is 0.503. The third-order valence-electron chi connectivity index (χ3n) is 4.69. The molecule has 0 fully saturated rings. The average Bonchev–Trinajstić information content (AvgIpc) is 3.11. The van der Waals surface area contributed by atoms with Crippen molar-refractivity contribution >= 4 is 11.6 Å². The number of ether oxygens (including phenoxy) is 1. The van der Waals surface area contributed by atoms with E-state index < -0.39 is 0 Å². The first-order valence-corrected chi connectivity index (χ1v) is 9.32. The molecule has 26 heavy (non-hydrogen) atoms. The first-order chi connectivity index (χ1) is 12.8. The van der Waals surface area contributed by atoms with E-state index in [0.717, 1.165) is 42.5 Å². The molecule has 1 N–H and O–H groups in total. The fourth-order valence-electron chi connectivity index (χ4n) is 3.33. The quantitative estimate of drug-likeness (QED) is 0.717. The van der Waals surface area contributed by atoms with E-state index in [1.54, 1.807) is 0 Å². The maximum absolute atomic E-state index is 6.22. The number of para-hydroxylation sites is 1. The van der Waals surface area contributed by atoms with Gasteiger partial charge < -0.3 is 10.1 Å². The number of fused-ring (bicyclic) bond motifs is 1. The van der Waals surface area contributed by atoms with E-state index in [1.807, 2.05) is 47.3 Å². The summed E-state index contributed by atoms with van der Waals surface area (Å²) < 4.78 is 7.78. The van der Waals surface area contributed by atoms with Crippen LogP contribution in [0.15, 0.2) is 60.9 Å². The van der Waals surface area contributed by atoms with Crippen LogP contribution in [0.4, 0.5) is 0 Å². The summed E-state index contributed by atoms with van der Waals surface area (Å²) in [5.41, 5.74) is 3.56. The van der Waals surface area contributed by atoms with E-state index in [0.29, 0.717) is 12.5 Å². The largest absolute Gasteiger partial charge is 0.493 e. The molecule has 3 aromatic rings. The summed E-state index contributed by atoms with van der Waals surface area (Å²) in [5.74, 6) is 1.53. The molecule has 1 atom stereocenters. The maximum atomic E-state index is 6.22. The summed E-state index contributed by atoms with van der Waals surface area (Å²) in [6, 6.07) is 16.2. The van der Waals surface area contributed by atoms with Crippen molar-refractivity contribution in [2.75, 3.05) is 13.2 Å². The molecule has 1 aromatic heterocycles. The Morgan fingerprint density at radius 3 is 2.92 bits per heavy atom. The number of hydrogen-bond donors (Lipinski definition) is 1. The molecule has 2 heterocycles. The summed E-state index contributed by atoms with van der Waals surface area (Å²) in [4.78, 5) is 0. The number of hydrogen-bond acceptors (Lipinski definition) is 3. The van der Waals surface area contributed by atoms with Crippen LogP contribution in [0.5, 0.6) is 5.75 Å². The lowest BCUT2D eigenvalue weighted by Gasteiger charge is -2.25. The molecular formula is C21H22ClN3O. The molecule has 0 spiro atoms. The second-order valence-corrected chi connectivity index (χ2v) is 7.16. The monoisotopic (exact) mass is 367 g/mol. The predicted molar refractivity (Wildman–Crippen MR) is 104 cm³/mol. The van der Waals surface area contributed by atoms with E-state index in [4.69, 9.17) is 16.3 Å². The molecule has 0 aliphatic carbocycles. The molecule has 0 radical (unpaired) electrons. The molecule has 0 bridgehead atoms. The highest BCUT2D eigenvalue weighted by atomic mass is 35.5. The van der Waals surface area contributed by atoms with E-state index in [9.17, 15) is 0 Å². The van der Waals surface area contributed by atoms with Crippen LogP contribution in [0.3, 0.4) is 0 Å². The lowest BCUT2D eigenvalue weighted by Crippen LogP contribution is -2.31. The minimum Gasteiger partial charge on any atom is -0.493 e. The lowest BCUT2D eigenvalue weighted by molar-refractivity contribution is 0.218. The molecule has 4 rings (SSSR count). The zero-order chi connectivity index (χ0) is 17.8. The van der Waals surface area contributed by atoms with Crippen molar-refractivity contribution in [2.24, 2.45) is 5.92 Å². The summed E-state index contributed by atoms with van der Waals surface area (Å²) in [5, 5.41) is 8.75. The van der Waals surface area contributed by atoms with Crippen LogP contribution < -0.4 is 10.1 Å². The van der Waals surface area contributed by atoms with Crippen LogP contribution >= 0.6 is 11.6 Å². The zero-order valence-electron chi connectivity index (χ0n) is 14.6. The predicted octanol–water partition coefficient (Wildman–Crippen LogP) is 3.93. The Bertz CT molecular complexity index is 877. The van der Waals surface area contributed by atoms with Crippen LogP contribution in [0, 0.1) is 5.92 Å². The Morgan fingerprint density at radius 2 is 2.00 bits per heavy atom. The van der Waals surface area contributed by atoms with E-state index in [2.05, 4.69) is 28.7 Å². The minimum atomic E-state index is 0.503. The van der Waals surface area contributed by atoms with Gasteiger partial charge in [-0.15, -0.1) is 0 Å². The number of nitrogens with zero attached hydrogens (tertiary/aromatic N) is 2. The van der Waals surface area contributed by atoms with Gasteiger partial charge in [0.2, 0.25) is 0 Å². The van der Waals surface area contributed by atoms with Gasteiger partial charge in [0.25, 0.3) is 0 Å². The summed E-state index contributed by atoms with van der Waals surface area (Å²) in [7, 11) is 0. The number of aromatic nitrogens is 2. The average molecular weight is 368 g/mol. The number of halogens is 1. The van der Waals surface area contributed by atoms with Gasteiger partial charge in [0.05, 0.1) is 19.3 Å². The van der Waals surface area contributed by atoms with Crippen LogP contribution in [0.1, 0.15) is 16.7 Å². The summed E-state index contributed by atoms with van der Waals surface area (Å²) >= 11 is 6.22. The van der Waals surface area contributed by atoms with Gasteiger partial charge in [-0.1, -0.05) is 48.0 Å². The van der Waals surface area contributed by atoms with Crippen molar-refractivity contribution in [1.82, 2.24) is 15.1 Å². The Morgan fingerprint density at radius 1 is 1.15 bits per heavy atom. The maximum Gasteiger partial charge on any atom is 0.122 e. The van der Waals surface area contributed by atoms with Crippen molar-refractivity contribution in [3.8, 4) is 5.75 Å². The molecule has 0 amide bonds. The molecule has 5 heteroatoms. The van der Waals surface area contributed by atoms with Crippen molar-refractivity contribution < 1.29 is 4.74 Å². The number of rotatable bonds is 6. The van der Waals surface area contributed by atoms with Gasteiger partial charge in [0.15, 0.2) is 0 Å². The van der Waals surface area contributed by atoms with Crippen LogP contribution in [-0.2, 0) is 19.5 Å². The number of nitrogens with one attached hydrogen (secondary N) is 1. The van der Waals surface area contributed by atoms with Gasteiger partial charge in [-0.2, -0.15) is 5.10 Å². The molecule has 2 aromatic carbocycles. The van der Waals surface area contributed by atoms with Crippen LogP contribution in [0.2, 0.25) is 5.02 Å². The van der Waals surface area contributed by atoms with E-state index in [-0.39, 0.29) is 0 Å². The summed E-state index contributed by atoms with van der Waals surface area (Å²) in [6.07, 6.45) is 5.05. The van der Waals surface area contributed by atoms with E-state index in [1.165, 1.54) is 11.1 Å². The normalized spacial score (nSPS) is 16.1. The Kier molecular flexibility index (Phi) is 5.23. The van der Waals surface area contributed by atoms with Gasteiger partial charge >= 0.3 is 0 Å². The highest BCUT2D eigenvalue weighted by molar-refractivity contribution is 6.31. The van der Waals surface area contributed by atoms with Gasteiger partial charge in [-0.3, -0.25) is 4.68 Å². The van der Waals surface area contributed by atoms with Gasteiger partial charge in [-0.05, 0) is 29.7 Å². The first kappa shape index (κ1) is 17.1. The van der Waals surface area contributed by atoms with E-state index >= 15 is 0 Å². The number of benzene rings is 2. The second-order valence-electron chi connectivity index (χ2n) is 6.76. The molecule has 4 nitrogen and oxygen atoms in total. The Hall–Kier alpha value is -2.30. The van der Waals surface area contributed by atoms with Crippen molar-refractivity contribution in [3.63, 3.8) is 0 Å². The standard InChI is InChI=1S/C21H22ClN3O/c22-20-7-3-1-6-19(20)14-25-13-17(12-24-25)11-23-10-16-9-18-5-2-4-8-21(18)26-15-16/h1-8,12-13,16,23H,9-11,14-15H2. The molecule has 1 aliphatic heterocycles. The fraction of sp³-hybridized carbons (Fsp3) is 0.286. The van der Waals surface area contributed by atoms with Crippen LogP contribution in [0.25, 0.3) is 0 Å². The van der Waals surface area contributed by atoms with Crippen molar-refractivity contribution in [1.29, 1.82) is 0 Å².